The first-order valence-electron chi connectivity index (χ1n) is 5.97. The molecule has 0 aliphatic carbocycles. The van der Waals surface area contributed by atoms with E-state index in [2.05, 4.69) is 30.4 Å². The third-order valence-electron chi connectivity index (χ3n) is 2.55. The van der Waals surface area contributed by atoms with Gasteiger partial charge in [0.25, 0.3) is 16.0 Å². The monoisotopic (exact) mass is 328 g/mol. The maximum atomic E-state index is 12.6. The normalized spacial score (nSPS) is 11.9. The Morgan fingerprint density at radius 1 is 1.43 bits per heavy atom. The van der Waals surface area contributed by atoms with Gasteiger partial charge in [-0.25, -0.2) is 9.71 Å². The highest BCUT2D eigenvalue weighted by molar-refractivity contribution is 7.92. The molecule has 0 unspecified atom stereocenters. The van der Waals surface area contributed by atoms with Gasteiger partial charge in [0.2, 0.25) is 5.03 Å². The van der Waals surface area contributed by atoms with Crippen LogP contribution in [0.2, 0.25) is 0 Å². The second kappa shape index (κ2) is 4.96. The van der Waals surface area contributed by atoms with Crippen LogP contribution in [-0.4, -0.2) is 44.6 Å². The molecule has 0 atom stereocenters. The van der Waals surface area contributed by atoms with Gasteiger partial charge >= 0.3 is 0 Å². The zero-order valence-corrected chi connectivity index (χ0v) is 12.8. The molecule has 2 N–H and O–H groups in total. The van der Waals surface area contributed by atoms with Gasteiger partial charge in [0, 0.05) is 18.1 Å². The zero-order valence-electron chi connectivity index (χ0n) is 11.2. The van der Waals surface area contributed by atoms with Crippen molar-refractivity contribution in [2.75, 3.05) is 16.6 Å². The number of fused-ring (bicyclic) bond motifs is 1. The minimum atomic E-state index is -3.89. The summed E-state index contributed by atoms with van der Waals surface area (Å²) in [6.07, 6.45) is 1.65. The first-order chi connectivity index (χ1) is 10.0. The third-order valence-corrected chi connectivity index (χ3v) is 4.66. The third kappa shape index (κ3) is 2.42. The van der Waals surface area contributed by atoms with Crippen LogP contribution in [0, 0.1) is 0 Å². The van der Waals surface area contributed by atoms with E-state index in [0.717, 1.165) is 0 Å². The number of aryl methyl sites for hydroxylation is 1. The first-order valence-corrected chi connectivity index (χ1v) is 8.34. The van der Waals surface area contributed by atoms with Gasteiger partial charge in [0.05, 0.1) is 7.05 Å². The van der Waals surface area contributed by atoms with Crippen molar-refractivity contribution in [1.29, 1.82) is 0 Å². The first kappa shape index (κ1) is 13.8. The molecule has 0 amide bonds. The molecule has 0 radical (unpaired) electrons. The molecule has 0 aromatic carbocycles. The highest BCUT2D eigenvalue weighted by Gasteiger charge is 2.27. The molecule has 3 heterocycles. The predicted octanol–water partition coefficient (Wildman–Crippen LogP) is 0.152. The molecule has 0 saturated carbocycles. The predicted molar refractivity (Wildman–Crippen MR) is 76.8 cm³/mol. The fraction of sp³-hybridized carbons (Fsp3) is 0.333. The van der Waals surface area contributed by atoms with Gasteiger partial charge < -0.3 is 5.32 Å². The average Bonchev–Trinajstić information content (AvgIpc) is 3.05. The minimum Gasteiger partial charge on any atom is -0.368 e. The number of rotatable bonds is 5. The van der Waals surface area contributed by atoms with Gasteiger partial charge in [-0.3, -0.25) is 4.40 Å². The van der Waals surface area contributed by atoms with E-state index in [1.807, 2.05) is 6.92 Å². The summed E-state index contributed by atoms with van der Waals surface area (Å²) in [5.41, 5.74) is 0. The Balaban J connectivity index is 2.08. The van der Waals surface area contributed by atoms with Gasteiger partial charge in [-0.2, -0.15) is 13.2 Å². The Bertz CT molecular complexity index is 877. The number of imidazole rings is 1. The molecule has 0 aliphatic rings. The van der Waals surface area contributed by atoms with E-state index >= 15 is 0 Å². The Morgan fingerprint density at radius 2 is 2.24 bits per heavy atom. The van der Waals surface area contributed by atoms with Crippen LogP contribution in [-0.2, 0) is 17.1 Å². The molecule has 0 aliphatic heterocycles. The Morgan fingerprint density at radius 3 is 2.90 bits per heavy atom. The van der Waals surface area contributed by atoms with Crippen LogP contribution < -0.4 is 10.0 Å². The van der Waals surface area contributed by atoms with Gasteiger partial charge in [-0.05, 0) is 12.1 Å². The number of nitrogens with one attached hydrogen (secondary N) is 2. The van der Waals surface area contributed by atoms with Gasteiger partial charge in [-0.15, -0.1) is 16.4 Å². The molecular weight excluding hydrogens is 316 g/mol. The van der Waals surface area contributed by atoms with Crippen molar-refractivity contribution in [3.8, 4) is 0 Å². The summed E-state index contributed by atoms with van der Waals surface area (Å²) < 4.78 is 28.9. The van der Waals surface area contributed by atoms with Crippen molar-refractivity contribution >= 4 is 38.1 Å². The summed E-state index contributed by atoms with van der Waals surface area (Å²) in [4.78, 5) is 6.01. The van der Waals surface area contributed by atoms with Crippen molar-refractivity contribution in [3.05, 3.63) is 11.6 Å². The SMILES string of the molecule is CCNc1nc2sccn2c1S(=O)(=O)Nc1nnn(C)n1. The van der Waals surface area contributed by atoms with E-state index in [-0.39, 0.29) is 11.0 Å². The van der Waals surface area contributed by atoms with Gasteiger partial charge in [-0.1, -0.05) is 5.10 Å². The topological polar surface area (TPSA) is 119 Å². The number of hydrogen-bond donors (Lipinski definition) is 2. The van der Waals surface area contributed by atoms with E-state index < -0.39 is 10.0 Å². The zero-order chi connectivity index (χ0) is 15.0. The molecule has 0 fully saturated rings. The number of tetrazole rings is 1. The quantitative estimate of drug-likeness (QED) is 0.684. The molecule has 0 saturated heterocycles. The summed E-state index contributed by atoms with van der Waals surface area (Å²) in [6, 6.07) is 0. The highest BCUT2D eigenvalue weighted by atomic mass is 32.2. The summed E-state index contributed by atoms with van der Waals surface area (Å²) >= 11 is 1.35. The van der Waals surface area contributed by atoms with Crippen molar-refractivity contribution in [1.82, 2.24) is 29.6 Å². The second-order valence-corrected chi connectivity index (χ2v) is 6.53. The molecule has 3 rings (SSSR count). The summed E-state index contributed by atoms with van der Waals surface area (Å²) in [5, 5.41) is 15.7. The number of hydrogen-bond acceptors (Lipinski definition) is 8. The van der Waals surface area contributed by atoms with Crippen LogP contribution in [0.4, 0.5) is 11.8 Å². The van der Waals surface area contributed by atoms with Crippen LogP contribution in [0.15, 0.2) is 16.6 Å². The van der Waals surface area contributed by atoms with E-state index in [4.69, 9.17) is 0 Å². The van der Waals surface area contributed by atoms with Crippen LogP contribution in [0.3, 0.4) is 0 Å². The fourth-order valence-corrected chi connectivity index (χ4v) is 3.77. The van der Waals surface area contributed by atoms with Crippen molar-refractivity contribution in [3.63, 3.8) is 0 Å². The van der Waals surface area contributed by atoms with Crippen molar-refractivity contribution in [2.24, 2.45) is 7.05 Å². The average molecular weight is 328 g/mol. The lowest BCUT2D eigenvalue weighted by Crippen LogP contribution is -2.18. The highest BCUT2D eigenvalue weighted by Crippen LogP contribution is 2.26. The van der Waals surface area contributed by atoms with Crippen LogP contribution in [0.25, 0.3) is 4.96 Å². The number of aromatic nitrogens is 6. The van der Waals surface area contributed by atoms with Crippen molar-refractivity contribution < 1.29 is 8.42 Å². The number of sulfonamides is 1. The van der Waals surface area contributed by atoms with Crippen LogP contribution >= 0.6 is 11.3 Å². The minimum absolute atomic E-state index is 0.0213. The standard InChI is InChI=1S/C9H12N8O2S2/c1-3-10-6-7(17-4-5-20-9(17)11-6)21(18,19)14-8-12-15-16(2)13-8/h4-5,10H,3H2,1-2H3,(H,13,14). The van der Waals surface area contributed by atoms with E-state index in [9.17, 15) is 8.42 Å². The molecule has 21 heavy (non-hydrogen) atoms. The van der Waals surface area contributed by atoms with E-state index in [1.54, 1.807) is 18.6 Å². The van der Waals surface area contributed by atoms with Gasteiger partial charge in [0.15, 0.2) is 10.8 Å². The molecule has 3 aromatic heterocycles. The second-order valence-electron chi connectivity index (χ2n) is 4.06. The Kier molecular flexibility index (Phi) is 3.25. The number of thiazole rings is 1. The number of nitrogens with zero attached hydrogens (tertiary/aromatic N) is 6. The summed E-state index contributed by atoms with van der Waals surface area (Å²) in [7, 11) is -2.34. The molecule has 10 nitrogen and oxygen atoms in total. The lowest BCUT2D eigenvalue weighted by molar-refractivity contribution is 0.596. The molecular formula is C9H12N8O2S2. The smallest absolute Gasteiger partial charge is 0.284 e. The fourth-order valence-electron chi connectivity index (χ4n) is 1.80. The summed E-state index contributed by atoms with van der Waals surface area (Å²) in [6.45, 7) is 2.41. The Hall–Kier alpha value is -2.21. The maximum Gasteiger partial charge on any atom is 0.284 e. The molecule has 0 bridgehead atoms. The van der Waals surface area contributed by atoms with E-state index in [1.165, 1.54) is 20.5 Å². The molecule has 0 spiro atoms. The Labute approximate surface area is 123 Å². The molecule has 12 heteroatoms. The van der Waals surface area contributed by atoms with Crippen LogP contribution in [0.5, 0.6) is 0 Å². The van der Waals surface area contributed by atoms with Crippen molar-refractivity contribution in [2.45, 2.75) is 11.9 Å². The summed E-state index contributed by atoms with van der Waals surface area (Å²) in [5.74, 6) is 0.200. The largest absolute Gasteiger partial charge is 0.368 e. The van der Waals surface area contributed by atoms with Crippen LogP contribution in [0.1, 0.15) is 6.92 Å². The molecule has 3 aromatic rings. The lowest BCUT2D eigenvalue weighted by Gasteiger charge is -2.06. The number of anilines is 2. The lowest BCUT2D eigenvalue weighted by atomic mass is 10.6. The molecule has 112 valence electrons. The maximum absolute atomic E-state index is 12.6. The van der Waals surface area contributed by atoms with E-state index in [0.29, 0.717) is 17.3 Å². The van der Waals surface area contributed by atoms with Gasteiger partial charge in [0.1, 0.15) is 0 Å².